The van der Waals surface area contributed by atoms with Crippen LogP contribution >= 0.6 is 0 Å². The lowest BCUT2D eigenvalue weighted by molar-refractivity contribution is 0.132. The Labute approximate surface area is 173 Å². The zero-order valence-electron chi connectivity index (χ0n) is 17.3. The minimum Gasteiger partial charge on any atom is -0.506 e. The van der Waals surface area contributed by atoms with E-state index in [-0.39, 0.29) is 24.1 Å². The summed E-state index contributed by atoms with van der Waals surface area (Å²) in [6, 6.07) is 13.7. The molecule has 4 N–H and O–H groups in total. The lowest BCUT2D eigenvalue weighted by Gasteiger charge is -2.17. The quantitative estimate of drug-likeness (QED) is 0.363. The molecule has 2 unspecified atom stereocenters. The molecule has 0 spiro atoms. The molecule has 6 nitrogen and oxygen atoms in total. The van der Waals surface area contributed by atoms with Gasteiger partial charge in [0.25, 0.3) is 0 Å². The van der Waals surface area contributed by atoms with Crippen molar-refractivity contribution in [1.29, 1.82) is 0 Å². The molecule has 0 aliphatic rings. The van der Waals surface area contributed by atoms with Gasteiger partial charge in [-0.25, -0.2) is 4.98 Å². The number of hydrogen-bond donors (Lipinski definition) is 4. The van der Waals surface area contributed by atoms with Crippen LogP contribution in [0.25, 0.3) is 0 Å². The number of rotatable bonds is 14. The number of aromatic nitrogens is 1. The Hall–Kier alpha value is -1.99. The Balaban J connectivity index is 1.50. The number of ether oxygens (including phenoxy) is 1. The molecule has 0 fully saturated rings. The third-order valence-corrected chi connectivity index (χ3v) is 4.93. The average molecular weight is 403 g/mol. The molecule has 29 heavy (non-hydrogen) atoms. The van der Waals surface area contributed by atoms with Gasteiger partial charge in [-0.05, 0) is 43.9 Å². The number of unbranched alkanes of at least 4 members (excludes halogenated alkanes) is 2. The Morgan fingerprint density at radius 2 is 1.83 bits per heavy atom. The average Bonchev–Trinajstić information content (AvgIpc) is 2.75. The van der Waals surface area contributed by atoms with Crippen LogP contribution in [0.5, 0.6) is 5.75 Å². The first-order chi connectivity index (χ1) is 14.1. The number of nitrogens with zero attached hydrogens (tertiary/aromatic N) is 1. The van der Waals surface area contributed by atoms with Gasteiger partial charge >= 0.3 is 0 Å². The molecular weight excluding hydrogens is 368 g/mol. The SMILES string of the molecule is CC(CCCCCOCCc1ccccc1)NCC(O)c1ccc(O)c(CO)n1. The van der Waals surface area contributed by atoms with Gasteiger partial charge in [0.05, 0.1) is 18.9 Å². The van der Waals surface area contributed by atoms with Crippen molar-refractivity contribution < 1.29 is 20.1 Å². The molecule has 2 rings (SSSR count). The highest BCUT2D eigenvalue weighted by Gasteiger charge is 2.13. The van der Waals surface area contributed by atoms with Crippen LogP contribution < -0.4 is 5.32 Å². The summed E-state index contributed by atoms with van der Waals surface area (Å²) >= 11 is 0. The van der Waals surface area contributed by atoms with Crippen LogP contribution in [0.3, 0.4) is 0 Å². The zero-order chi connectivity index (χ0) is 20.9. The fraction of sp³-hybridized carbons (Fsp3) is 0.522. The molecule has 1 heterocycles. The van der Waals surface area contributed by atoms with E-state index < -0.39 is 6.10 Å². The predicted molar refractivity (Wildman–Crippen MR) is 114 cm³/mol. The molecule has 0 bridgehead atoms. The van der Waals surface area contributed by atoms with Crippen molar-refractivity contribution in [1.82, 2.24) is 10.3 Å². The van der Waals surface area contributed by atoms with Crippen molar-refractivity contribution in [2.24, 2.45) is 0 Å². The van der Waals surface area contributed by atoms with E-state index in [4.69, 9.17) is 9.84 Å². The summed E-state index contributed by atoms with van der Waals surface area (Å²) in [7, 11) is 0. The lowest BCUT2D eigenvalue weighted by Crippen LogP contribution is -2.30. The summed E-state index contributed by atoms with van der Waals surface area (Å²) in [6.07, 6.45) is 4.51. The normalized spacial score (nSPS) is 13.3. The summed E-state index contributed by atoms with van der Waals surface area (Å²) in [6.45, 7) is 3.70. The minimum absolute atomic E-state index is 0.0613. The van der Waals surface area contributed by atoms with Gasteiger partial charge in [-0.2, -0.15) is 0 Å². The molecule has 0 saturated heterocycles. The first-order valence-corrected chi connectivity index (χ1v) is 10.4. The van der Waals surface area contributed by atoms with Crippen molar-refractivity contribution in [2.75, 3.05) is 19.8 Å². The third-order valence-electron chi connectivity index (χ3n) is 4.93. The summed E-state index contributed by atoms with van der Waals surface area (Å²) in [5, 5.41) is 32.3. The Morgan fingerprint density at radius 1 is 1.03 bits per heavy atom. The molecule has 6 heteroatoms. The minimum atomic E-state index is -0.777. The highest BCUT2D eigenvalue weighted by Crippen LogP contribution is 2.18. The topological polar surface area (TPSA) is 94.8 Å². The van der Waals surface area contributed by atoms with Crippen LogP contribution in [0.4, 0.5) is 0 Å². The maximum absolute atomic E-state index is 10.2. The van der Waals surface area contributed by atoms with Gasteiger partial charge in [0.1, 0.15) is 17.5 Å². The maximum atomic E-state index is 10.2. The highest BCUT2D eigenvalue weighted by molar-refractivity contribution is 5.28. The van der Waals surface area contributed by atoms with Crippen LogP contribution in [-0.2, 0) is 17.8 Å². The first kappa shape index (κ1) is 23.3. The van der Waals surface area contributed by atoms with Crippen LogP contribution in [-0.4, -0.2) is 46.1 Å². The fourth-order valence-electron chi connectivity index (χ4n) is 3.10. The summed E-state index contributed by atoms with van der Waals surface area (Å²) in [4.78, 5) is 4.09. The molecule has 0 aliphatic carbocycles. The molecular formula is C23H34N2O4. The molecule has 2 aromatic rings. The van der Waals surface area contributed by atoms with Crippen LogP contribution in [0.15, 0.2) is 42.5 Å². The number of hydrogen-bond acceptors (Lipinski definition) is 6. The monoisotopic (exact) mass is 402 g/mol. The van der Waals surface area contributed by atoms with Crippen molar-refractivity contribution in [3.8, 4) is 5.75 Å². The van der Waals surface area contributed by atoms with Crippen molar-refractivity contribution in [2.45, 2.75) is 57.8 Å². The molecule has 160 valence electrons. The first-order valence-electron chi connectivity index (χ1n) is 10.4. The van der Waals surface area contributed by atoms with Crippen LogP contribution in [0, 0.1) is 0 Å². The molecule has 0 radical (unpaired) electrons. The fourth-order valence-corrected chi connectivity index (χ4v) is 3.10. The Morgan fingerprint density at radius 3 is 2.59 bits per heavy atom. The number of benzene rings is 1. The van der Waals surface area contributed by atoms with Gasteiger partial charge in [0.15, 0.2) is 0 Å². The predicted octanol–water partition coefficient (Wildman–Crippen LogP) is 3.11. The molecule has 0 amide bonds. The highest BCUT2D eigenvalue weighted by atomic mass is 16.5. The van der Waals surface area contributed by atoms with E-state index in [2.05, 4.69) is 41.5 Å². The zero-order valence-corrected chi connectivity index (χ0v) is 17.3. The molecule has 2 atom stereocenters. The third kappa shape index (κ3) is 8.92. The number of nitrogens with one attached hydrogen (secondary N) is 1. The molecule has 0 saturated carbocycles. The van der Waals surface area contributed by atoms with E-state index in [9.17, 15) is 10.2 Å². The van der Waals surface area contributed by atoms with Crippen molar-refractivity contribution in [3.05, 3.63) is 59.4 Å². The van der Waals surface area contributed by atoms with Gasteiger partial charge < -0.3 is 25.4 Å². The van der Waals surface area contributed by atoms with Crippen LogP contribution in [0.1, 0.15) is 55.7 Å². The smallest absolute Gasteiger partial charge is 0.139 e. The van der Waals surface area contributed by atoms with Crippen molar-refractivity contribution in [3.63, 3.8) is 0 Å². The Kier molecular flexibility index (Phi) is 10.7. The number of aromatic hydroxyl groups is 1. The van der Waals surface area contributed by atoms with E-state index in [0.29, 0.717) is 12.2 Å². The van der Waals surface area contributed by atoms with Gasteiger partial charge in [0.2, 0.25) is 0 Å². The molecule has 1 aromatic heterocycles. The molecule has 1 aromatic carbocycles. The lowest BCUT2D eigenvalue weighted by atomic mass is 10.1. The number of aliphatic hydroxyl groups excluding tert-OH is 2. The van der Waals surface area contributed by atoms with E-state index >= 15 is 0 Å². The second kappa shape index (κ2) is 13.3. The van der Waals surface area contributed by atoms with Gasteiger partial charge in [-0.3, -0.25) is 0 Å². The van der Waals surface area contributed by atoms with E-state index in [1.54, 1.807) is 6.07 Å². The number of aliphatic hydroxyl groups is 2. The van der Waals surface area contributed by atoms with E-state index in [1.165, 1.54) is 11.6 Å². The largest absolute Gasteiger partial charge is 0.506 e. The van der Waals surface area contributed by atoms with Crippen LogP contribution in [0.2, 0.25) is 0 Å². The molecule has 0 aliphatic heterocycles. The van der Waals surface area contributed by atoms with Gasteiger partial charge in [0, 0.05) is 19.2 Å². The second-order valence-corrected chi connectivity index (χ2v) is 7.38. The van der Waals surface area contributed by atoms with Gasteiger partial charge in [-0.1, -0.05) is 43.2 Å². The van der Waals surface area contributed by atoms with Crippen molar-refractivity contribution >= 4 is 0 Å². The van der Waals surface area contributed by atoms with E-state index in [1.807, 2.05) is 6.07 Å². The maximum Gasteiger partial charge on any atom is 0.139 e. The summed E-state index contributed by atoms with van der Waals surface area (Å²) < 4.78 is 5.71. The summed E-state index contributed by atoms with van der Waals surface area (Å²) in [5.41, 5.74) is 1.93. The Bertz CT molecular complexity index is 697. The number of pyridine rings is 1. The standard InChI is InChI=1S/C23H34N2O4/c1-18(24-16-23(28)20-11-12-22(27)21(17-26)25-20)8-4-3-7-14-29-15-13-19-9-5-2-6-10-19/h2,5-6,9-12,18,23-24,26-28H,3-4,7-8,13-17H2,1H3. The summed E-state index contributed by atoms with van der Waals surface area (Å²) in [5.74, 6) is -0.0613. The van der Waals surface area contributed by atoms with Gasteiger partial charge in [-0.15, -0.1) is 0 Å². The van der Waals surface area contributed by atoms with E-state index in [0.717, 1.165) is 45.3 Å². The second-order valence-electron chi connectivity index (χ2n) is 7.38.